The van der Waals surface area contributed by atoms with E-state index in [-0.39, 0.29) is 0 Å². The van der Waals surface area contributed by atoms with Gasteiger partial charge >= 0.3 is 0 Å². The Hall–Kier alpha value is -1.06. The first-order chi connectivity index (χ1) is 8.18. The average molecular weight is 293 g/mol. The Kier molecular flexibility index (Phi) is 4.02. The van der Waals surface area contributed by atoms with Crippen molar-refractivity contribution < 1.29 is 0 Å². The lowest BCUT2D eigenvalue weighted by atomic mass is 10.1. The van der Waals surface area contributed by atoms with Crippen molar-refractivity contribution in [2.24, 2.45) is 7.05 Å². The molecule has 1 atom stereocenters. The highest BCUT2D eigenvalue weighted by Crippen LogP contribution is 2.22. The van der Waals surface area contributed by atoms with E-state index >= 15 is 0 Å². The van der Waals surface area contributed by atoms with E-state index in [0.717, 1.165) is 11.0 Å². The Morgan fingerprint density at radius 2 is 2.00 bits per heavy atom. The second-order valence-corrected chi connectivity index (χ2v) is 5.09. The minimum absolute atomic E-state index is 0.334. The lowest BCUT2D eigenvalue weighted by Gasteiger charge is -2.16. The standard InChI is InChI=1S/C14H17BrN2/c1-11(13-7-3-4-8-14(13)15)16-10-12-6-5-9-17(12)2/h3-9,11,16H,10H2,1-2H3/t11-/m0/s1. The quantitative estimate of drug-likeness (QED) is 0.910. The molecule has 0 aliphatic rings. The molecule has 0 spiro atoms. The SMILES string of the molecule is C[C@H](NCc1cccn1C)c1ccccc1Br. The van der Waals surface area contributed by atoms with Gasteiger partial charge in [-0.25, -0.2) is 0 Å². The molecule has 0 saturated heterocycles. The van der Waals surface area contributed by atoms with Gasteiger partial charge in [-0.15, -0.1) is 0 Å². The maximum absolute atomic E-state index is 3.58. The van der Waals surface area contributed by atoms with Crippen molar-refractivity contribution in [1.29, 1.82) is 0 Å². The highest BCUT2D eigenvalue weighted by Gasteiger charge is 2.08. The van der Waals surface area contributed by atoms with Gasteiger partial charge < -0.3 is 9.88 Å². The third-order valence-electron chi connectivity index (χ3n) is 3.01. The van der Waals surface area contributed by atoms with Gasteiger partial charge in [0.05, 0.1) is 0 Å². The van der Waals surface area contributed by atoms with Crippen LogP contribution in [0.3, 0.4) is 0 Å². The minimum Gasteiger partial charge on any atom is -0.353 e. The van der Waals surface area contributed by atoms with Crippen molar-refractivity contribution in [1.82, 2.24) is 9.88 Å². The highest BCUT2D eigenvalue weighted by molar-refractivity contribution is 9.10. The number of hydrogen-bond acceptors (Lipinski definition) is 1. The van der Waals surface area contributed by atoms with Crippen LogP contribution in [0.1, 0.15) is 24.2 Å². The van der Waals surface area contributed by atoms with E-state index in [4.69, 9.17) is 0 Å². The number of hydrogen-bond donors (Lipinski definition) is 1. The fourth-order valence-corrected chi connectivity index (χ4v) is 2.50. The number of benzene rings is 1. The normalized spacial score (nSPS) is 12.6. The first kappa shape index (κ1) is 12.4. The molecule has 2 rings (SSSR count). The van der Waals surface area contributed by atoms with Crippen LogP contribution in [0.15, 0.2) is 47.1 Å². The Bertz CT molecular complexity index is 490. The Morgan fingerprint density at radius 1 is 1.24 bits per heavy atom. The maximum Gasteiger partial charge on any atom is 0.0364 e. The molecule has 0 unspecified atom stereocenters. The predicted octanol–water partition coefficient (Wildman–Crippen LogP) is 3.64. The van der Waals surface area contributed by atoms with Crippen LogP contribution < -0.4 is 5.32 Å². The zero-order valence-corrected chi connectivity index (χ0v) is 11.7. The van der Waals surface area contributed by atoms with Gasteiger partial charge in [-0.1, -0.05) is 34.1 Å². The zero-order valence-electron chi connectivity index (χ0n) is 10.2. The van der Waals surface area contributed by atoms with E-state index in [0.29, 0.717) is 6.04 Å². The van der Waals surface area contributed by atoms with Gasteiger partial charge in [0.15, 0.2) is 0 Å². The van der Waals surface area contributed by atoms with Crippen LogP contribution in [-0.4, -0.2) is 4.57 Å². The highest BCUT2D eigenvalue weighted by atomic mass is 79.9. The number of nitrogens with zero attached hydrogens (tertiary/aromatic N) is 1. The molecule has 0 bridgehead atoms. The van der Waals surface area contributed by atoms with E-state index in [1.807, 2.05) is 6.07 Å². The summed E-state index contributed by atoms with van der Waals surface area (Å²) >= 11 is 3.58. The average Bonchev–Trinajstić information content (AvgIpc) is 2.72. The van der Waals surface area contributed by atoms with Crippen molar-refractivity contribution in [2.75, 3.05) is 0 Å². The van der Waals surface area contributed by atoms with Gasteiger partial charge in [0, 0.05) is 36.0 Å². The van der Waals surface area contributed by atoms with E-state index < -0.39 is 0 Å². The van der Waals surface area contributed by atoms with Crippen LogP contribution in [0.2, 0.25) is 0 Å². The van der Waals surface area contributed by atoms with Crippen LogP contribution in [0.25, 0.3) is 0 Å². The van der Waals surface area contributed by atoms with Crippen LogP contribution >= 0.6 is 15.9 Å². The topological polar surface area (TPSA) is 17.0 Å². The summed E-state index contributed by atoms with van der Waals surface area (Å²) < 4.78 is 3.30. The summed E-state index contributed by atoms with van der Waals surface area (Å²) in [4.78, 5) is 0. The molecule has 90 valence electrons. The summed E-state index contributed by atoms with van der Waals surface area (Å²) in [5.41, 5.74) is 2.59. The third-order valence-corrected chi connectivity index (χ3v) is 3.73. The summed E-state index contributed by atoms with van der Waals surface area (Å²) in [6.45, 7) is 3.06. The van der Waals surface area contributed by atoms with E-state index in [1.54, 1.807) is 0 Å². The predicted molar refractivity (Wildman–Crippen MR) is 74.8 cm³/mol. The van der Waals surface area contributed by atoms with Crippen LogP contribution in [0, 0.1) is 0 Å². The van der Waals surface area contributed by atoms with Crippen LogP contribution in [-0.2, 0) is 13.6 Å². The molecular formula is C14H17BrN2. The molecule has 0 saturated carbocycles. The Labute approximate surface area is 111 Å². The fourth-order valence-electron chi connectivity index (χ4n) is 1.87. The molecule has 0 fully saturated rings. The van der Waals surface area contributed by atoms with E-state index in [2.05, 4.69) is 76.3 Å². The second kappa shape index (κ2) is 5.52. The summed E-state index contributed by atoms with van der Waals surface area (Å²) in [5.74, 6) is 0. The molecule has 3 heteroatoms. The Balaban J connectivity index is 2.01. The zero-order chi connectivity index (χ0) is 12.3. The minimum atomic E-state index is 0.334. The van der Waals surface area contributed by atoms with Gasteiger partial charge in [0.25, 0.3) is 0 Å². The van der Waals surface area contributed by atoms with E-state index in [1.165, 1.54) is 11.3 Å². The Morgan fingerprint density at radius 3 is 2.65 bits per heavy atom. The van der Waals surface area contributed by atoms with Crippen molar-refractivity contribution in [2.45, 2.75) is 19.5 Å². The number of aryl methyl sites for hydroxylation is 1. The van der Waals surface area contributed by atoms with Crippen molar-refractivity contribution in [3.63, 3.8) is 0 Å². The molecule has 0 radical (unpaired) electrons. The van der Waals surface area contributed by atoms with Crippen LogP contribution in [0.4, 0.5) is 0 Å². The van der Waals surface area contributed by atoms with Crippen LogP contribution in [0.5, 0.6) is 0 Å². The van der Waals surface area contributed by atoms with Crippen molar-refractivity contribution in [3.8, 4) is 0 Å². The van der Waals surface area contributed by atoms with Gasteiger partial charge in [0.2, 0.25) is 0 Å². The molecule has 1 aromatic carbocycles. The van der Waals surface area contributed by atoms with Gasteiger partial charge in [-0.05, 0) is 30.7 Å². The molecule has 0 amide bonds. The first-order valence-electron chi connectivity index (χ1n) is 5.76. The summed E-state index contributed by atoms with van der Waals surface area (Å²) in [5, 5.41) is 3.53. The van der Waals surface area contributed by atoms with Gasteiger partial charge in [-0.2, -0.15) is 0 Å². The van der Waals surface area contributed by atoms with Crippen molar-refractivity contribution >= 4 is 15.9 Å². The molecular weight excluding hydrogens is 276 g/mol. The molecule has 1 N–H and O–H groups in total. The largest absolute Gasteiger partial charge is 0.353 e. The fraction of sp³-hybridized carbons (Fsp3) is 0.286. The lowest BCUT2D eigenvalue weighted by Crippen LogP contribution is -2.19. The number of nitrogens with one attached hydrogen (secondary N) is 1. The van der Waals surface area contributed by atoms with E-state index in [9.17, 15) is 0 Å². The van der Waals surface area contributed by atoms with Crippen molar-refractivity contribution in [3.05, 3.63) is 58.3 Å². The maximum atomic E-state index is 3.58. The molecule has 1 heterocycles. The molecule has 2 nitrogen and oxygen atoms in total. The first-order valence-corrected chi connectivity index (χ1v) is 6.56. The lowest BCUT2D eigenvalue weighted by molar-refractivity contribution is 0.556. The van der Waals surface area contributed by atoms with Gasteiger partial charge in [0.1, 0.15) is 0 Å². The second-order valence-electron chi connectivity index (χ2n) is 4.23. The molecule has 2 aromatic rings. The molecule has 1 aromatic heterocycles. The molecule has 0 aliphatic heterocycles. The third kappa shape index (κ3) is 2.99. The number of halogens is 1. The number of aromatic nitrogens is 1. The van der Waals surface area contributed by atoms with Gasteiger partial charge in [-0.3, -0.25) is 0 Å². The smallest absolute Gasteiger partial charge is 0.0364 e. The summed E-state index contributed by atoms with van der Waals surface area (Å²) in [7, 11) is 2.07. The summed E-state index contributed by atoms with van der Waals surface area (Å²) in [6.07, 6.45) is 2.07. The molecule has 0 aliphatic carbocycles. The number of rotatable bonds is 4. The monoisotopic (exact) mass is 292 g/mol. The summed E-state index contributed by atoms with van der Waals surface area (Å²) in [6, 6.07) is 12.9. The molecule has 17 heavy (non-hydrogen) atoms.